The van der Waals surface area contributed by atoms with Crippen LogP contribution >= 0.6 is 11.3 Å². The minimum atomic E-state index is -0.771. The van der Waals surface area contributed by atoms with E-state index in [1.54, 1.807) is 11.3 Å². The molecular weight excluding hydrogens is 406 g/mol. The first-order valence-electron chi connectivity index (χ1n) is 11.7. The third-order valence-electron chi connectivity index (χ3n) is 7.13. The van der Waals surface area contributed by atoms with Gasteiger partial charge in [0.15, 0.2) is 5.13 Å². The molecular formula is C25H37N3O2S. The Morgan fingerprint density at radius 1 is 1.00 bits per heavy atom. The van der Waals surface area contributed by atoms with Crippen LogP contribution in [0.3, 0.4) is 0 Å². The molecule has 0 spiro atoms. The second-order valence-corrected chi connectivity index (χ2v) is 10.9. The number of unbranched alkanes of at least 4 members (excludes halogenated alkanes) is 2. The molecule has 170 valence electrons. The van der Waals surface area contributed by atoms with Gasteiger partial charge >= 0.3 is 0 Å². The fourth-order valence-corrected chi connectivity index (χ4v) is 5.78. The van der Waals surface area contributed by atoms with E-state index in [1.807, 2.05) is 6.92 Å². The SMILES string of the molecule is CC1(C)CCC(C)(O)c2cc(-c3csc(N4CCN(CCCCCO)CC4)n3)ccc21. The van der Waals surface area contributed by atoms with Gasteiger partial charge in [-0.2, -0.15) is 0 Å². The monoisotopic (exact) mass is 443 g/mol. The third-order valence-corrected chi connectivity index (χ3v) is 8.03. The van der Waals surface area contributed by atoms with Gasteiger partial charge in [0.1, 0.15) is 0 Å². The Balaban J connectivity index is 1.43. The molecule has 5 nitrogen and oxygen atoms in total. The summed E-state index contributed by atoms with van der Waals surface area (Å²) in [6, 6.07) is 6.54. The van der Waals surface area contributed by atoms with E-state index in [-0.39, 0.29) is 5.41 Å². The summed E-state index contributed by atoms with van der Waals surface area (Å²) in [4.78, 5) is 9.89. The Hall–Kier alpha value is -1.47. The van der Waals surface area contributed by atoms with Crippen molar-refractivity contribution in [3.05, 3.63) is 34.7 Å². The van der Waals surface area contributed by atoms with Crippen molar-refractivity contribution in [3.8, 4) is 11.3 Å². The van der Waals surface area contributed by atoms with Crippen LogP contribution in [0.4, 0.5) is 5.13 Å². The standard InChI is InChI=1S/C25H37N3O2S/c1-24(2)9-10-25(3,30)21-17-19(7-8-20(21)24)22-18-31-23(26-22)28-14-12-27(13-15-28)11-5-4-6-16-29/h7-8,17-18,29-30H,4-6,9-16H2,1-3H3. The summed E-state index contributed by atoms with van der Waals surface area (Å²) in [5.41, 5.74) is 3.76. The lowest BCUT2D eigenvalue weighted by atomic mass is 9.67. The van der Waals surface area contributed by atoms with Gasteiger partial charge < -0.3 is 15.1 Å². The Labute approximate surface area is 190 Å². The van der Waals surface area contributed by atoms with Crippen molar-refractivity contribution in [2.45, 2.75) is 63.9 Å². The van der Waals surface area contributed by atoms with Crippen molar-refractivity contribution in [1.82, 2.24) is 9.88 Å². The van der Waals surface area contributed by atoms with Gasteiger partial charge in [0.05, 0.1) is 11.3 Å². The average molecular weight is 444 g/mol. The minimum Gasteiger partial charge on any atom is -0.396 e. The highest BCUT2D eigenvalue weighted by atomic mass is 32.1. The first-order chi connectivity index (χ1) is 14.8. The van der Waals surface area contributed by atoms with Crippen LogP contribution in [0.5, 0.6) is 0 Å². The van der Waals surface area contributed by atoms with Crippen molar-refractivity contribution < 1.29 is 10.2 Å². The summed E-state index contributed by atoms with van der Waals surface area (Å²) in [5.74, 6) is 0. The molecule has 1 aromatic carbocycles. The number of aliphatic hydroxyl groups excluding tert-OH is 1. The van der Waals surface area contributed by atoms with Gasteiger partial charge in [-0.05, 0) is 68.2 Å². The zero-order chi connectivity index (χ0) is 22.1. The van der Waals surface area contributed by atoms with E-state index < -0.39 is 5.60 Å². The smallest absolute Gasteiger partial charge is 0.185 e. The van der Waals surface area contributed by atoms with Crippen LogP contribution in [-0.4, -0.2) is 59.4 Å². The molecule has 1 unspecified atom stereocenters. The maximum Gasteiger partial charge on any atom is 0.185 e. The molecule has 4 rings (SSSR count). The maximum absolute atomic E-state index is 11.0. The second-order valence-electron chi connectivity index (χ2n) is 10.0. The summed E-state index contributed by atoms with van der Waals surface area (Å²) in [6.07, 6.45) is 4.99. The molecule has 0 saturated carbocycles. The van der Waals surface area contributed by atoms with Gasteiger partial charge in [-0.15, -0.1) is 11.3 Å². The van der Waals surface area contributed by atoms with Crippen LogP contribution < -0.4 is 4.90 Å². The summed E-state index contributed by atoms with van der Waals surface area (Å²) in [6.45, 7) is 12.1. The number of anilines is 1. The van der Waals surface area contributed by atoms with Crippen LogP contribution in [-0.2, 0) is 11.0 Å². The third kappa shape index (κ3) is 4.98. The topological polar surface area (TPSA) is 59.8 Å². The summed E-state index contributed by atoms with van der Waals surface area (Å²) in [5, 5.41) is 23.2. The molecule has 0 amide bonds. The van der Waals surface area contributed by atoms with Gasteiger partial charge in [-0.1, -0.05) is 26.0 Å². The molecule has 2 heterocycles. The molecule has 6 heteroatoms. The predicted octanol–water partition coefficient (Wildman–Crippen LogP) is 4.37. The number of nitrogens with zero attached hydrogens (tertiary/aromatic N) is 3. The van der Waals surface area contributed by atoms with E-state index in [9.17, 15) is 5.11 Å². The first kappa shape index (κ1) is 22.7. The Morgan fingerprint density at radius 2 is 1.77 bits per heavy atom. The zero-order valence-corrected chi connectivity index (χ0v) is 20.0. The molecule has 31 heavy (non-hydrogen) atoms. The van der Waals surface area contributed by atoms with Crippen LogP contribution in [0.15, 0.2) is 23.6 Å². The van der Waals surface area contributed by atoms with E-state index in [1.165, 1.54) is 12.0 Å². The predicted molar refractivity (Wildman–Crippen MR) is 129 cm³/mol. The van der Waals surface area contributed by atoms with E-state index >= 15 is 0 Å². The maximum atomic E-state index is 11.0. The number of fused-ring (bicyclic) bond motifs is 1. The quantitative estimate of drug-likeness (QED) is 0.622. The lowest BCUT2D eigenvalue weighted by molar-refractivity contribution is 0.0278. The number of aliphatic hydroxyl groups is 2. The van der Waals surface area contributed by atoms with Crippen molar-refractivity contribution in [3.63, 3.8) is 0 Å². The molecule has 1 aliphatic carbocycles. The van der Waals surface area contributed by atoms with Crippen LogP contribution in [0.1, 0.15) is 64.0 Å². The van der Waals surface area contributed by atoms with Crippen molar-refractivity contribution in [2.75, 3.05) is 44.2 Å². The Bertz CT molecular complexity index is 885. The number of hydrogen-bond donors (Lipinski definition) is 2. The molecule has 1 aliphatic heterocycles. The van der Waals surface area contributed by atoms with Crippen LogP contribution in [0.2, 0.25) is 0 Å². The Morgan fingerprint density at radius 3 is 2.52 bits per heavy atom. The number of rotatable bonds is 7. The van der Waals surface area contributed by atoms with Gasteiger partial charge in [0.2, 0.25) is 0 Å². The van der Waals surface area contributed by atoms with E-state index in [0.29, 0.717) is 6.61 Å². The minimum absolute atomic E-state index is 0.0983. The van der Waals surface area contributed by atoms with Gasteiger partial charge in [-0.3, -0.25) is 4.90 Å². The van der Waals surface area contributed by atoms with E-state index in [0.717, 1.165) is 80.4 Å². The largest absolute Gasteiger partial charge is 0.396 e. The van der Waals surface area contributed by atoms with E-state index in [2.05, 4.69) is 47.2 Å². The van der Waals surface area contributed by atoms with Gasteiger partial charge in [-0.25, -0.2) is 4.98 Å². The molecule has 1 saturated heterocycles. The average Bonchev–Trinajstić information content (AvgIpc) is 3.25. The second kappa shape index (κ2) is 9.18. The summed E-state index contributed by atoms with van der Waals surface area (Å²) in [7, 11) is 0. The lowest BCUT2D eigenvalue weighted by Crippen LogP contribution is -2.46. The lowest BCUT2D eigenvalue weighted by Gasteiger charge is -2.40. The molecule has 0 bridgehead atoms. The number of thiazole rings is 1. The molecule has 2 N–H and O–H groups in total. The van der Waals surface area contributed by atoms with Gasteiger partial charge in [0.25, 0.3) is 0 Å². The molecule has 2 aromatic rings. The Kier molecular flexibility index (Phi) is 6.73. The summed E-state index contributed by atoms with van der Waals surface area (Å²) < 4.78 is 0. The van der Waals surface area contributed by atoms with Crippen molar-refractivity contribution >= 4 is 16.5 Å². The fraction of sp³-hybridized carbons (Fsp3) is 0.640. The van der Waals surface area contributed by atoms with Crippen LogP contribution in [0, 0.1) is 0 Å². The molecule has 0 radical (unpaired) electrons. The number of aromatic nitrogens is 1. The molecule has 1 fully saturated rings. The summed E-state index contributed by atoms with van der Waals surface area (Å²) >= 11 is 1.72. The van der Waals surface area contributed by atoms with Crippen molar-refractivity contribution in [2.24, 2.45) is 0 Å². The number of hydrogen-bond acceptors (Lipinski definition) is 6. The molecule has 2 aliphatic rings. The van der Waals surface area contributed by atoms with Crippen LogP contribution in [0.25, 0.3) is 11.3 Å². The first-order valence-corrected chi connectivity index (χ1v) is 12.6. The van der Waals surface area contributed by atoms with E-state index in [4.69, 9.17) is 10.1 Å². The molecule has 1 atom stereocenters. The highest BCUT2D eigenvalue weighted by Crippen LogP contribution is 2.45. The number of piperazine rings is 1. The normalized spacial score (nSPS) is 23.7. The fourth-order valence-electron chi connectivity index (χ4n) is 4.89. The van der Waals surface area contributed by atoms with Crippen molar-refractivity contribution in [1.29, 1.82) is 0 Å². The molecule has 1 aromatic heterocycles. The number of benzene rings is 1. The highest BCUT2D eigenvalue weighted by Gasteiger charge is 2.38. The van der Waals surface area contributed by atoms with Gasteiger partial charge in [0, 0.05) is 43.7 Å². The zero-order valence-electron chi connectivity index (χ0n) is 19.2. The highest BCUT2D eigenvalue weighted by molar-refractivity contribution is 7.14.